The smallest absolute Gasteiger partial charge is 0.0645 e. The quantitative estimate of drug-likeness (QED) is 0.147. The van der Waals surface area contributed by atoms with Gasteiger partial charge >= 0.3 is 0 Å². The van der Waals surface area contributed by atoms with E-state index in [1.807, 2.05) is 89.8 Å². The van der Waals surface area contributed by atoms with Gasteiger partial charge in [0.25, 0.3) is 0 Å². The summed E-state index contributed by atoms with van der Waals surface area (Å²) in [7, 11) is 0. The molecule has 0 fully saturated rings. The fourth-order valence-electron chi connectivity index (χ4n) is 8.78. The van der Waals surface area contributed by atoms with Crippen LogP contribution in [0.3, 0.4) is 0 Å². The summed E-state index contributed by atoms with van der Waals surface area (Å²) in [6, 6.07) is 72.0. The first-order chi connectivity index (χ1) is 31.0. The van der Waals surface area contributed by atoms with Crippen LogP contribution in [0.5, 0.6) is 0 Å². The van der Waals surface area contributed by atoms with Gasteiger partial charge in [-0.15, -0.1) is 0 Å². The van der Waals surface area contributed by atoms with Crippen molar-refractivity contribution in [3.63, 3.8) is 0 Å². The minimum atomic E-state index is -0.121. The van der Waals surface area contributed by atoms with Gasteiger partial charge in [-0.2, -0.15) is 0 Å². The van der Waals surface area contributed by atoms with E-state index in [9.17, 15) is 5.48 Å². The van der Waals surface area contributed by atoms with E-state index in [-0.39, 0.29) is 35.4 Å². The zero-order valence-corrected chi connectivity index (χ0v) is 32.2. The van der Waals surface area contributed by atoms with Gasteiger partial charge in [-0.25, -0.2) is 0 Å². The monoisotopic (exact) mass is 753 g/mol. The summed E-state index contributed by atoms with van der Waals surface area (Å²) in [4.78, 5) is 1.93. The van der Waals surface area contributed by atoms with Crippen LogP contribution in [-0.2, 0) is 0 Å². The number of hydrogen-bond acceptors (Lipinski definition) is 1. The van der Waals surface area contributed by atoms with Crippen molar-refractivity contribution in [1.29, 1.82) is 0 Å². The molecule has 0 aliphatic carbocycles. The largest absolute Gasteiger partial charge is 0.310 e. The third kappa shape index (κ3) is 6.12. The Kier molecular flexibility index (Phi) is 7.55. The van der Waals surface area contributed by atoms with Gasteiger partial charge in [0, 0.05) is 16.8 Å². The molecule has 276 valence electrons. The fraction of sp³-hybridized carbons (Fsp3) is 0. The average molecular weight is 754 g/mol. The number of hydrogen-bond donors (Lipinski definition) is 0. The standard InChI is InChI=1S/C58H39N/c1-3-16-40(17-4-1)44-21-15-22-45(38-44)41-30-34-47(35-31-41)59(56-39-46-20-7-8-23-49(46)50-24-9-12-27-53(50)56)48-36-32-43(33-37-48)58-55-29-14-11-26-52(55)51-25-10-13-28-54(51)57(58)42-18-5-2-6-19-42/h1-39H/i30D,31D,34D,35D. The van der Waals surface area contributed by atoms with E-state index in [0.29, 0.717) is 11.3 Å². The Bertz CT molecular complexity index is 3520. The van der Waals surface area contributed by atoms with Crippen molar-refractivity contribution in [1.82, 2.24) is 0 Å². The van der Waals surface area contributed by atoms with Crippen molar-refractivity contribution in [3.8, 4) is 44.5 Å². The van der Waals surface area contributed by atoms with Crippen molar-refractivity contribution >= 4 is 60.2 Å². The highest BCUT2D eigenvalue weighted by Gasteiger charge is 2.20. The molecule has 0 aliphatic heterocycles. The molecule has 0 radical (unpaired) electrons. The molecule has 0 saturated heterocycles. The molecule has 0 spiro atoms. The highest BCUT2D eigenvalue weighted by atomic mass is 15.1. The van der Waals surface area contributed by atoms with Crippen molar-refractivity contribution in [3.05, 3.63) is 236 Å². The Morgan fingerprint density at radius 1 is 0.271 bits per heavy atom. The van der Waals surface area contributed by atoms with E-state index in [1.165, 1.54) is 16.2 Å². The summed E-state index contributed by atoms with van der Waals surface area (Å²) >= 11 is 0. The topological polar surface area (TPSA) is 3.24 Å². The molecule has 0 aromatic heterocycles. The van der Waals surface area contributed by atoms with Gasteiger partial charge in [0.2, 0.25) is 0 Å². The molecule has 0 atom stereocenters. The Labute approximate surface area is 350 Å². The van der Waals surface area contributed by atoms with Gasteiger partial charge in [0.1, 0.15) is 0 Å². The van der Waals surface area contributed by atoms with Crippen LogP contribution in [0.25, 0.3) is 87.6 Å². The minimum absolute atomic E-state index is 0.0990. The van der Waals surface area contributed by atoms with E-state index >= 15 is 0 Å². The molecule has 0 amide bonds. The molecule has 11 aromatic rings. The highest BCUT2D eigenvalue weighted by Crippen LogP contribution is 2.47. The van der Waals surface area contributed by atoms with Gasteiger partial charge in [-0.1, -0.05) is 200 Å². The summed E-state index contributed by atoms with van der Waals surface area (Å²) in [6.07, 6.45) is 0. The molecule has 1 heteroatoms. The minimum Gasteiger partial charge on any atom is -0.310 e. The number of rotatable bonds is 7. The average Bonchev–Trinajstić information content (AvgIpc) is 3.35. The Hall–Kier alpha value is -7.74. The lowest BCUT2D eigenvalue weighted by Gasteiger charge is -2.28. The molecule has 0 saturated carbocycles. The Balaban J connectivity index is 1.16. The van der Waals surface area contributed by atoms with E-state index < -0.39 is 0 Å². The highest BCUT2D eigenvalue weighted by molar-refractivity contribution is 6.21. The van der Waals surface area contributed by atoms with E-state index in [1.54, 1.807) is 0 Å². The van der Waals surface area contributed by atoms with Crippen LogP contribution in [-0.4, -0.2) is 0 Å². The second-order valence-electron chi connectivity index (χ2n) is 14.9. The Morgan fingerprint density at radius 3 is 1.32 bits per heavy atom. The maximum absolute atomic E-state index is 9.78. The molecule has 0 unspecified atom stereocenters. The maximum atomic E-state index is 9.78. The van der Waals surface area contributed by atoms with Crippen molar-refractivity contribution in [2.45, 2.75) is 0 Å². The summed E-state index contributed by atoms with van der Waals surface area (Å²) in [5.74, 6) is 0. The molecule has 59 heavy (non-hydrogen) atoms. The van der Waals surface area contributed by atoms with Crippen LogP contribution in [0.2, 0.25) is 0 Å². The summed E-state index contributed by atoms with van der Waals surface area (Å²) < 4.78 is 38.7. The number of nitrogens with zero attached hydrogens (tertiary/aromatic N) is 1. The number of anilines is 3. The molecular weight excluding hydrogens is 711 g/mol. The van der Waals surface area contributed by atoms with Crippen LogP contribution >= 0.6 is 0 Å². The lowest BCUT2D eigenvalue weighted by Crippen LogP contribution is -2.10. The van der Waals surface area contributed by atoms with Crippen LogP contribution in [0.15, 0.2) is 236 Å². The molecule has 0 aliphatic rings. The number of fused-ring (bicyclic) bond motifs is 6. The second-order valence-corrected chi connectivity index (χ2v) is 14.9. The number of benzene rings is 11. The molecule has 0 heterocycles. The second kappa shape index (κ2) is 14.6. The Morgan fingerprint density at radius 2 is 0.712 bits per heavy atom. The van der Waals surface area contributed by atoms with Crippen molar-refractivity contribution < 1.29 is 5.48 Å². The summed E-state index contributed by atoms with van der Waals surface area (Å²) in [5, 5.41) is 8.75. The first-order valence-electron chi connectivity index (χ1n) is 22.0. The van der Waals surface area contributed by atoms with Crippen LogP contribution in [0.1, 0.15) is 5.48 Å². The van der Waals surface area contributed by atoms with E-state index in [2.05, 4.69) is 127 Å². The third-order valence-corrected chi connectivity index (χ3v) is 11.5. The van der Waals surface area contributed by atoms with Gasteiger partial charge in [0.15, 0.2) is 0 Å². The zero-order valence-electron chi connectivity index (χ0n) is 36.2. The molecule has 0 N–H and O–H groups in total. The third-order valence-electron chi connectivity index (χ3n) is 11.5. The van der Waals surface area contributed by atoms with E-state index in [4.69, 9.17) is 0 Å². The first kappa shape index (κ1) is 30.4. The van der Waals surface area contributed by atoms with Crippen LogP contribution < -0.4 is 4.90 Å². The molecule has 1 nitrogen and oxygen atoms in total. The van der Waals surface area contributed by atoms with Gasteiger partial charge < -0.3 is 4.90 Å². The fourth-order valence-corrected chi connectivity index (χ4v) is 8.78. The first-order valence-corrected chi connectivity index (χ1v) is 20.0. The lowest BCUT2D eigenvalue weighted by atomic mass is 9.85. The van der Waals surface area contributed by atoms with Crippen molar-refractivity contribution in [2.75, 3.05) is 4.90 Å². The van der Waals surface area contributed by atoms with E-state index in [0.717, 1.165) is 66.0 Å². The van der Waals surface area contributed by atoms with Gasteiger partial charge in [-0.3, -0.25) is 0 Å². The maximum Gasteiger partial charge on any atom is 0.0645 e. The lowest BCUT2D eigenvalue weighted by molar-refractivity contribution is 1.30. The SMILES string of the molecule is [2H]c1c([2H])c(N(c2ccc(-c3c(-c4ccccc4)c4ccccc4c4ccccc34)cc2)c2cc3ccccc3c3ccccc23)c([2H])c([2H])c1-c1cccc(-c2ccccc2)c1. The summed E-state index contributed by atoms with van der Waals surface area (Å²) in [5.41, 5.74) is 8.93. The zero-order chi connectivity index (χ0) is 42.6. The van der Waals surface area contributed by atoms with Gasteiger partial charge in [0.05, 0.1) is 11.2 Å². The predicted octanol–water partition coefficient (Wildman–Crippen LogP) is 16.4. The molecule has 0 bridgehead atoms. The van der Waals surface area contributed by atoms with Crippen molar-refractivity contribution in [2.24, 2.45) is 0 Å². The van der Waals surface area contributed by atoms with Crippen LogP contribution in [0, 0.1) is 0 Å². The van der Waals surface area contributed by atoms with Crippen LogP contribution in [0.4, 0.5) is 17.1 Å². The molecule has 11 aromatic carbocycles. The summed E-state index contributed by atoms with van der Waals surface area (Å²) in [6.45, 7) is 0. The molecule has 11 rings (SSSR count). The normalized spacial score (nSPS) is 12.3. The predicted molar refractivity (Wildman–Crippen MR) is 253 cm³/mol. The molecular formula is C58H39N. The van der Waals surface area contributed by atoms with Gasteiger partial charge in [-0.05, 0) is 119 Å².